The third-order valence-electron chi connectivity index (χ3n) is 5.01. The molecule has 1 aliphatic rings. The van der Waals surface area contributed by atoms with Gasteiger partial charge in [0.25, 0.3) is 5.91 Å². The standard InChI is InChI=1S/C22H20F2N2O6/c23-22(24)32-16-10-17(21(30)31)26(12-16)18(27)11-25-20(29)15-8-6-14(7-9-15)19(28)13-4-2-1-3-5-13/h1-9,16-17,22H,10-12H2,(H,25,29)(H,30,31)/t16?,17-/m1/s1. The largest absolute Gasteiger partial charge is 0.480 e. The van der Waals surface area contributed by atoms with E-state index in [2.05, 4.69) is 10.1 Å². The Hall–Kier alpha value is -3.66. The number of ether oxygens (including phenoxy) is 1. The maximum Gasteiger partial charge on any atom is 0.345 e. The van der Waals surface area contributed by atoms with Gasteiger partial charge in [-0.05, 0) is 12.1 Å². The second kappa shape index (κ2) is 10.1. The second-order valence-corrected chi connectivity index (χ2v) is 7.11. The molecule has 2 amide bonds. The number of carbonyl (C=O) groups excluding carboxylic acids is 3. The summed E-state index contributed by atoms with van der Waals surface area (Å²) in [7, 11) is 0. The molecule has 0 spiro atoms. The third-order valence-corrected chi connectivity index (χ3v) is 5.01. The molecule has 0 saturated carbocycles. The fraction of sp³-hybridized carbons (Fsp3) is 0.273. The monoisotopic (exact) mass is 446 g/mol. The Morgan fingerprint density at radius 1 is 1.00 bits per heavy atom. The van der Waals surface area contributed by atoms with E-state index in [0.29, 0.717) is 11.1 Å². The van der Waals surface area contributed by atoms with Gasteiger partial charge in [-0.15, -0.1) is 0 Å². The van der Waals surface area contributed by atoms with E-state index in [4.69, 9.17) is 0 Å². The van der Waals surface area contributed by atoms with E-state index in [1.54, 1.807) is 30.3 Å². The first-order valence-electron chi connectivity index (χ1n) is 9.70. The molecule has 1 fully saturated rings. The third kappa shape index (κ3) is 5.52. The van der Waals surface area contributed by atoms with E-state index in [9.17, 15) is 33.1 Å². The van der Waals surface area contributed by atoms with Gasteiger partial charge in [0.05, 0.1) is 12.6 Å². The van der Waals surface area contributed by atoms with Crippen LogP contribution in [0, 0.1) is 0 Å². The van der Waals surface area contributed by atoms with Crippen LogP contribution in [-0.2, 0) is 14.3 Å². The Morgan fingerprint density at radius 2 is 1.59 bits per heavy atom. The molecule has 2 aromatic carbocycles. The second-order valence-electron chi connectivity index (χ2n) is 7.11. The number of nitrogens with one attached hydrogen (secondary N) is 1. The summed E-state index contributed by atoms with van der Waals surface area (Å²) < 4.78 is 29.1. The van der Waals surface area contributed by atoms with Crippen LogP contribution in [0.25, 0.3) is 0 Å². The van der Waals surface area contributed by atoms with Gasteiger partial charge < -0.3 is 20.1 Å². The lowest BCUT2D eigenvalue weighted by Crippen LogP contribution is -2.45. The number of hydrogen-bond acceptors (Lipinski definition) is 5. The van der Waals surface area contributed by atoms with Crippen LogP contribution in [0.4, 0.5) is 8.78 Å². The number of carbonyl (C=O) groups is 4. The summed E-state index contributed by atoms with van der Waals surface area (Å²) in [6.45, 7) is -3.91. The predicted molar refractivity (Wildman–Crippen MR) is 107 cm³/mol. The van der Waals surface area contributed by atoms with Gasteiger partial charge in [-0.25, -0.2) is 4.79 Å². The molecule has 0 aliphatic carbocycles. The summed E-state index contributed by atoms with van der Waals surface area (Å²) >= 11 is 0. The molecule has 168 valence electrons. The molecule has 0 radical (unpaired) electrons. The number of nitrogens with zero attached hydrogens (tertiary/aromatic N) is 1. The first kappa shape index (κ1) is 23.0. The SMILES string of the molecule is O=C(NCC(=O)N1CC(OC(F)F)C[C@@H]1C(=O)O)c1ccc(C(=O)c2ccccc2)cc1. The average Bonchev–Trinajstić information content (AvgIpc) is 3.21. The van der Waals surface area contributed by atoms with Crippen molar-refractivity contribution in [3.05, 3.63) is 71.3 Å². The normalized spacial score (nSPS) is 17.9. The van der Waals surface area contributed by atoms with Gasteiger partial charge in [0, 0.05) is 29.7 Å². The van der Waals surface area contributed by atoms with Crippen molar-refractivity contribution in [2.45, 2.75) is 25.2 Å². The summed E-state index contributed by atoms with van der Waals surface area (Å²) in [5.74, 6) is -2.89. The molecular weight excluding hydrogens is 426 g/mol. The minimum absolute atomic E-state index is 0.192. The Bertz CT molecular complexity index is 997. The molecule has 0 bridgehead atoms. The summed E-state index contributed by atoms with van der Waals surface area (Å²) in [6, 6.07) is 13.1. The van der Waals surface area contributed by atoms with E-state index in [-0.39, 0.29) is 24.3 Å². The highest BCUT2D eigenvalue weighted by Gasteiger charge is 2.41. The van der Waals surface area contributed by atoms with Crippen LogP contribution in [0.5, 0.6) is 0 Å². The number of carboxylic acid groups (broad SMARTS) is 1. The van der Waals surface area contributed by atoms with Crippen molar-refractivity contribution in [1.29, 1.82) is 0 Å². The first-order chi connectivity index (χ1) is 15.3. The highest BCUT2D eigenvalue weighted by atomic mass is 19.3. The number of carboxylic acids is 1. The van der Waals surface area contributed by atoms with Gasteiger partial charge in [0.15, 0.2) is 5.78 Å². The Kier molecular flexibility index (Phi) is 7.26. The molecule has 1 heterocycles. The lowest BCUT2D eigenvalue weighted by atomic mass is 10.0. The van der Waals surface area contributed by atoms with Gasteiger partial charge >= 0.3 is 12.6 Å². The van der Waals surface area contributed by atoms with Crippen LogP contribution in [0.3, 0.4) is 0 Å². The molecule has 8 nitrogen and oxygen atoms in total. The van der Waals surface area contributed by atoms with E-state index in [1.165, 1.54) is 24.3 Å². The summed E-state index contributed by atoms with van der Waals surface area (Å²) in [6.07, 6.45) is -1.37. The minimum atomic E-state index is -3.08. The number of aliphatic carboxylic acids is 1. The topological polar surface area (TPSA) is 113 Å². The lowest BCUT2D eigenvalue weighted by molar-refractivity contribution is -0.160. The zero-order valence-electron chi connectivity index (χ0n) is 16.7. The van der Waals surface area contributed by atoms with Crippen molar-refractivity contribution in [3.63, 3.8) is 0 Å². The molecule has 2 aromatic rings. The molecular formula is C22H20F2N2O6. The summed E-state index contributed by atoms with van der Waals surface area (Å²) in [5.41, 5.74) is 1.08. The van der Waals surface area contributed by atoms with Crippen molar-refractivity contribution in [1.82, 2.24) is 10.2 Å². The molecule has 1 saturated heterocycles. The predicted octanol–water partition coefficient (Wildman–Crippen LogP) is 1.94. The smallest absolute Gasteiger partial charge is 0.345 e. The van der Waals surface area contributed by atoms with Gasteiger partial charge in [0.2, 0.25) is 5.91 Å². The van der Waals surface area contributed by atoms with Crippen LogP contribution in [0.1, 0.15) is 32.7 Å². The molecule has 3 rings (SSSR count). The molecule has 1 unspecified atom stereocenters. The minimum Gasteiger partial charge on any atom is -0.480 e. The zero-order valence-corrected chi connectivity index (χ0v) is 16.7. The maximum absolute atomic E-state index is 12.4. The van der Waals surface area contributed by atoms with Gasteiger partial charge in [-0.3, -0.25) is 14.4 Å². The molecule has 10 heteroatoms. The number of benzene rings is 2. The van der Waals surface area contributed by atoms with Crippen LogP contribution in [0.2, 0.25) is 0 Å². The zero-order chi connectivity index (χ0) is 23.3. The Balaban J connectivity index is 1.58. The van der Waals surface area contributed by atoms with Crippen molar-refractivity contribution in [2.24, 2.45) is 0 Å². The molecule has 1 aliphatic heterocycles. The number of hydrogen-bond donors (Lipinski definition) is 2. The first-order valence-corrected chi connectivity index (χ1v) is 9.70. The van der Waals surface area contributed by atoms with Crippen LogP contribution >= 0.6 is 0 Å². The number of amides is 2. The van der Waals surface area contributed by atoms with Crippen molar-refractivity contribution >= 4 is 23.6 Å². The van der Waals surface area contributed by atoms with Gasteiger partial charge in [0.1, 0.15) is 6.04 Å². The van der Waals surface area contributed by atoms with Crippen LogP contribution in [-0.4, -0.2) is 65.4 Å². The Labute approximate surface area is 181 Å². The quantitative estimate of drug-likeness (QED) is 0.600. The highest BCUT2D eigenvalue weighted by Crippen LogP contribution is 2.22. The van der Waals surface area contributed by atoms with Crippen molar-refractivity contribution in [3.8, 4) is 0 Å². The Morgan fingerprint density at radius 3 is 2.19 bits per heavy atom. The van der Waals surface area contributed by atoms with E-state index in [1.807, 2.05) is 0 Å². The number of ketones is 1. The maximum atomic E-state index is 12.4. The number of alkyl halides is 2. The lowest BCUT2D eigenvalue weighted by Gasteiger charge is -2.21. The number of rotatable bonds is 8. The number of halogens is 2. The molecule has 2 atom stereocenters. The average molecular weight is 446 g/mol. The molecule has 2 N–H and O–H groups in total. The molecule has 32 heavy (non-hydrogen) atoms. The fourth-order valence-electron chi connectivity index (χ4n) is 3.44. The van der Waals surface area contributed by atoms with Crippen LogP contribution in [0.15, 0.2) is 54.6 Å². The van der Waals surface area contributed by atoms with E-state index in [0.717, 1.165) is 4.90 Å². The molecule has 0 aromatic heterocycles. The van der Waals surface area contributed by atoms with Crippen molar-refractivity contribution in [2.75, 3.05) is 13.1 Å². The summed E-state index contributed by atoms with van der Waals surface area (Å²) in [5, 5.41) is 11.6. The van der Waals surface area contributed by atoms with Crippen LogP contribution < -0.4 is 5.32 Å². The van der Waals surface area contributed by atoms with E-state index < -0.39 is 43.1 Å². The highest BCUT2D eigenvalue weighted by molar-refractivity contribution is 6.09. The van der Waals surface area contributed by atoms with Gasteiger partial charge in [-0.2, -0.15) is 8.78 Å². The number of likely N-dealkylation sites (tertiary alicyclic amines) is 1. The van der Waals surface area contributed by atoms with Gasteiger partial charge in [-0.1, -0.05) is 42.5 Å². The summed E-state index contributed by atoms with van der Waals surface area (Å²) in [4.78, 5) is 49.4. The fourth-order valence-corrected chi connectivity index (χ4v) is 3.44. The van der Waals surface area contributed by atoms with Crippen molar-refractivity contribution < 1.29 is 37.8 Å². The van der Waals surface area contributed by atoms with E-state index >= 15 is 0 Å².